The van der Waals surface area contributed by atoms with E-state index in [2.05, 4.69) is 15.3 Å². The van der Waals surface area contributed by atoms with Gasteiger partial charge in [0.15, 0.2) is 5.16 Å². The van der Waals surface area contributed by atoms with E-state index < -0.39 is 0 Å². The number of amides is 1. The molecule has 20 heavy (non-hydrogen) atoms. The molecule has 0 aliphatic carbocycles. The summed E-state index contributed by atoms with van der Waals surface area (Å²) in [5.74, 6) is 0.118. The van der Waals surface area contributed by atoms with Gasteiger partial charge >= 0.3 is 0 Å². The van der Waals surface area contributed by atoms with E-state index in [1.165, 1.54) is 11.8 Å². The predicted octanol–water partition coefficient (Wildman–Crippen LogP) is 2.41. The highest BCUT2D eigenvalue weighted by atomic mass is 32.2. The molecule has 1 amide bonds. The van der Waals surface area contributed by atoms with Crippen LogP contribution < -0.4 is 11.1 Å². The summed E-state index contributed by atoms with van der Waals surface area (Å²) in [6, 6.07) is 9.06. The lowest BCUT2D eigenvalue weighted by atomic mass is 10.3. The van der Waals surface area contributed by atoms with Gasteiger partial charge in [-0.1, -0.05) is 23.9 Å². The SMILES string of the molecule is Cc1cc(C)nc(SCC(=O)Nc2ccccc2N)n1. The third kappa shape index (κ3) is 3.96. The van der Waals surface area contributed by atoms with E-state index in [4.69, 9.17) is 5.73 Å². The second kappa shape index (κ2) is 6.38. The molecule has 0 fully saturated rings. The zero-order chi connectivity index (χ0) is 14.5. The lowest BCUT2D eigenvalue weighted by Crippen LogP contribution is -2.15. The zero-order valence-electron chi connectivity index (χ0n) is 11.4. The smallest absolute Gasteiger partial charge is 0.234 e. The first-order chi connectivity index (χ1) is 9.54. The van der Waals surface area contributed by atoms with Crippen LogP contribution in [0.4, 0.5) is 11.4 Å². The number of thioether (sulfide) groups is 1. The maximum Gasteiger partial charge on any atom is 0.234 e. The minimum atomic E-state index is -0.129. The molecule has 1 aromatic carbocycles. The van der Waals surface area contributed by atoms with E-state index in [-0.39, 0.29) is 11.7 Å². The van der Waals surface area contributed by atoms with Crippen molar-refractivity contribution in [3.05, 3.63) is 41.7 Å². The van der Waals surface area contributed by atoms with E-state index in [1.54, 1.807) is 12.1 Å². The molecule has 0 aliphatic rings. The topological polar surface area (TPSA) is 80.9 Å². The fraction of sp³-hybridized carbons (Fsp3) is 0.214. The molecule has 0 unspecified atom stereocenters. The second-order valence-electron chi connectivity index (χ2n) is 4.36. The molecule has 0 spiro atoms. The Kier molecular flexibility index (Phi) is 4.57. The van der Waals surface area contributed by atoms with Gasteiger partial charge in [-0.05, 0) is 32.0 Å². The van der Waals surface area contributed by atoms with Crippen LogP contribution in [0.2, 0.25) is 0 Å². The van der Waals surface area contributed by atoms with Crippen LogP contribution in [-0.4, -0.2) is 21.6 Å². The molecular formula is C14H16N4OS. The zero-order valence-corrected chi connectivity index (χ0v) is 12.2. The molecule has 104 valence electrons. The molecule has 0 atom stereocenters. The van der Waals surface area contributed by atoms with Gasteiger partial charge in [-0.15, -0.1) is 0 Å². The maximum atomic E-state index is 11.9. The number of nitrogens with one attached hydrogen (secondary N) is 1. The third-order valence-electron chi connectivity index (χ3n) is 2.53. The molecule has 0 saturated carbocycles. The largest absolute Gasteiger partial charge is 0.397 e. The van der Waals surface area contributed by atoms with E-state index in [1.807, 2.05) is 32.0 Å². The summed E-state index contributed by atoms with van der Waals surface area (Å²) in [5.41, 5.74) is 8.74. The Bertz CT molecular complexity index is 610. The van der Waals surface area contributed by atoms with Crippen molar-refractivity contribution in [2.24, 2.45) is 0 Å². The molecule has 5 nitrogen and oxygen atoms in total. The number of hydrogen-bond donors (Lipinski definition) is 2. The molecule has 6 heteroatoms. The number of anilines is 2. The first kappa shape index (κ1) is 14.3. The molecule has 1 aromatic heterocycles. The summed E-state index contributed by atoms with van der Waals surface area (Å²) in [6.45, 7) is 3.81. The summed E-state index contributed by atoms with van der Waals surface area (Å²) in [7, 11) is 0. The van der Waals surface area contributed by atoms with Gasteiger partial charge in [-0.2, -0.15) is 0 Å². The van der Waals surface area contributed by atoms with Gasteiger partial charge < -0.3 is 11.1 Å². The molecule has 0 saturated heterocycles. The minimum Gasteiger partial charge on any atom is -0.397 e. The minimum absolute atomic E-state index is 0.129. The lowest BCUT2D eigenvalue weighted by molar-refractivity contribution is -0.113. The summed E-state index contributed by atoms with van der Waals surface area (Å²) in [4.78, 5) is 20.4. The third-order valence-corrected chi connectivity index (χ3v) is 3.38. The number of nitrogens with zero attached hydrogens (tertiary/aromatic N) is 2. The number of benzene rings is 1. The van der Waals surface area contributed by atoms with E-state index >= 15 is 0 Å². The average Bonchev–Trinajstić information content (AvgIpc) is 2.38. The quantitative estimate of drug-likeness (QED) is 0.513. The molecule has 1 heterocycles. The van der Waals surface area contributed by atoms with Crippen molar-refractivity contribution < 1.29 is 4.79 Å². The van der Waals surface area contributed by atoms with Crippen LogP contribution in [0, 0.1) is 13.8 Å². The number of nitrogen functional groups attached to an aromatic ring is 1. The van der Waals surface area contributed by atoms with Gasteiger partial charge in [0, 0.05) is 11.4 Å². The van der Waals surface area contributed by atoms with Crippen molar-refractivity contribution in [1.82, 2.24) is 9.97 Å². The fourth-order valence-corrected chi connectivity index (χ4v) is 2.43. The monoisotopic (exact) mass is 288 g/mol. The van der Waals surface area contributed by atoms with Gasteiger partial charge in [0.2, 0.25) is 5.91 Å². The first-order valence-electron chi connectivity index (χ1n) is 6.14. The van der Waals surface area contributed by atoms with Crippen molar-refractivity contribution >= 4 is 29.0 Å². The van der Waals surface area contributed by atoms with Crippen LogP contribution in [0.1, 0.15) is 11.4 Å². The Balaban J connectivity index is 1.94. The molecule has 0 aliphatic heterocycles. The highest BCUT2D eigenvalue weighted by Gasteiger charge is 2.07. The van der Waals surface area contributed by atoms with Crippen LogP contribution >= 0.6 is 11.8 Å². The Labute approximate surface area is 122 Å². The second-order valence-corrected chi connectivity index (χ2v) is 5.30. The standard InChI is InChI=1S/C14H16N4OS/c1-9-7-10(2)17-14(16-9)20-8-13(19)18-12-6-4-3-5-11(12)15/h3-7H,8,15H2,1-2H3,(H,18,19). The predicted molar refractivity (Wildman–Crippen MR) is 81.7 cm³/mol. The number of aromatic nitrogens is 2. The number of carbonyl (C=O) groups excluding carboxylic acids is 1. The summed E-state index contributed by atoms with van der Waals surface area (Å²) in [6.07, 6.45) is 0. The Hall–Kier alpha value is -2.08. The van der Waals surface area contributed by atoms with Crippen LogP contribution in [0.25, 0.3) is 0 Å². The number of rotatable bonds is 4. The fourth-order valence-electron chi connectivity index (χ4n) is 1.69. The molecule has 0 radical (unpaired) electrons. The lowest BCUT2D eigenvalue weighted by Gasteiger charge is -2.07. The molecule has 2 aromatic rings. The maximum absolute atomic E-state index is 11.9. The molecule has 2 rings (SSSR count). The van der Waals surface area contributed by atoms with Crippen LogP contribution in [0.3, 0.4) is 0 Å². The van der Waals surface area contributed by atoms with Gasteiger partial charge in [0.1, 0.15) is 0 Å². The highest BCUT2D eigenvalue weighted by Crippen LogP contribution is 2.18. The summed E-state index contributed by atoms with van der Waals surface area (Å²) < 4.78 is 0. The normalized spacial score (nSPS) is 10.3. The van der Waals surface area contributed by atoms with E-state index in [0.29, 0.717) is 16.5 Å². The molecule has 0 bridgehead atoms. The van der Waals surface area contributed by atoms with Crippen molar-refractivity contribution in [2.45, 2.75) is 19.0 Å². The molecular weight excluding hydrogens is 272 g/mol. The highest BCUT2D eigenvalue weighted by molar-refractivity contribution is 7.99. The van der Waals surface area contributed by atoms with Gasteiger partial charge in [0.05, 0.1) is 17.1 Å². The van der Waals surface area contributed by atoms with Crippen LogP contribution in [0.5, 0.6) is 0 Å². The van der Waals surface area contributed by atoms with Crippen molar-refractivity contribution in [3.8, 4) is 0 Å². The van der Waals surface area contributed by atoms with Crippen molar-refractivity contribution in [1.29, 1.82) is 0 Å². The summed E-state index contributed by atoms with van der Waals surface area (Å²) >= 11 is 1.31. The number of para-hydroxylation sites is 2. The number of carbonyl (C=O) groups is 1. The van der Waals surface area contributed by atoms with Crippen molar-refractivity contribution in [3.63, 3.8) is 0 Å². The number of aryl methyl sites for hydroxylation is 2. The van der Waals surface area contributed by atoms with Gasteiger partial charge in [0.25, 0.3) is 0 Å². The Morgan fingerprint density at radius 3 is 2.55 bits per heavy atom. The first-order valence-corrected chi connectivity index (χ1v) is 7.12. The number of hydrogen-bond acceptors (Lipinski definition) is 5. The van der Waals surface area contributed by atoms with Crippen LogP contribution in [-0.2, 0) is 4.79 Å². The van der Waals surface area contributed by atoms with Crippen LogP contribution in [0.15, 0.2) is 35.5 Å². The Morgan fingerprint density at radius 2 is 1.90 bits per heavy atom. The van der Waals surface area contributed by atoms with Gasteiger partial charge in [-0.25, -0.2) is 9.97 Å². The van der Waals surface area contributed by atoms with Gasteiger partial charge in [-0.3, -0.25) is 4.79 Å². The van der Waals surface area contributed by atoms with E-state index in [9.17, 15) is 4.79 Å². The molecule has 3 N–H and O–H groups in total. The Morgan fingerprint density at radius 1 is 1.25 bits per heavy atom. The van der Waals surface area contributed by atoms with E-state index in [0.717, 1.165) is 11.4 Å². The van der Waals surface area contributed by atoms with Crippen molar-refractivity contribution in [2.75, 3.05) is 16.8 Å². The number of nitrogens with two attached hydrogens (primary N) is 1. The summed E-state index contributed by atoms with van der Waals surface area (Å²) in [5, 5.41) is 3.38. The average molecular weight is 288 g/mol.